The Morgan fingerprint density at radius 2 is 1.38 bits per heavy atom. The van der Waals surface area contributed by atoms with Crippen LogP contribution in [0.15, 0.2) is 24.3 Å². The van der Waals surface area contributed by atoms with Gasteiger partial charge in [-0.05, 0) is 37.0 Å². The van der Waals surface area contributed by atoms with E-state index in [-0.39, 0.29) is 18.3 Å². The van der Waals surface area contributed by atoms with Gasteiger partial charge in [0, 0.05) is 12.1 Å². The number of hydrogen-bond acceptors (Lipinski definition) is 3. The van der Waals surface area contributed by atoms with Crippen molar-refractivity contribution in [3.05, 3.63) is 35.4 Å². The minimum atomic E-state index is -0.236. The van der Waals surface area contributed by atoms with E-state index in [1.165, 1.54) is 50.5 Å². The quantitative estimate of drug-likeness (QED) is 0.248. The van der Waals surface area contributed by atoms with Crippen LogP contribution in [-0.4, -0.2) is 25.0 Å². The molecule has 1 rings (SSSR count). The molecule has 1 aromatic carbocycles. The van der Waals surface area contributed by atoms with Crippen molar-refractivity contribution in [1.29, 1.82) is 0 Å². The van der Waals surface area contributed by atoms with Gasteiger partial charge in [-0.25, -0.2) is 0 Å². The van der Waals surface area contributed by atoms with Crippen LogP contribution in [0.5, 0.6) is 0 Å². The third-order valence-electron chi connectivity index (χ3n) is 5.16. The Labute approximate surface area is 177 Å². The van der Waals surface area contributed by atoms with E-state index >= 15 is 0 Å². The maximum atomic E-state index is 12.1. The van der Waals surface area contributed by atoms with E-state index in [1.54, 1.807) is 0 Å². The van der Waals surface area contributed by atoms with Gasteiger partial charge < -0.3 is 10.1 Å². The van der Waals surface area contributed by atoms with Crippen molar-refractivity contribution in [1.82, 2.24) is 5.32 Å². The first kappa shape index (κ1) is 25.2. The number of carbonyl (C=O) groups excluding carboxylic acids is 2. The molecule has 164 valence electrons. The first-order valence-corrected chi connectivity index (χ1v) is 11.7. The average molecular weight is 404 g/mol. The van der Waals surface area contributed by atoms with Crippen LogP contribution in [0.1, 0.15) is 107 Å². The molecule has 4 nitrogen and oxygen atoms in total. The van der Waals surface area contributed by atoms with Gasteiger partial charge >= 0.3 is 5.97 Å². The van der Waals surface area contributed by atoms with Gasteiger partial charge in [-0.15, -0.1) is 0 Å². The standard InChI is InChI=1S/C25H41NO3/c1-3-5-7-8-9-10-11-12-13-21-29-24(27)19-20-26-25(28)23-17-15-22(16-18-23)14-6-4-2/h15-18H,3-14,19-21H2,1-2H3,(H,26,28). The van der Waals surface area contributed by atoms with Crippen molar-refractivity contribution in [3.63, 3.8) is 0 Å². The molecule has 0 spiro atoms. The zero-order chi connectivity index (χ0) is 21.2. The van der Waals surface area contributed by atoms with Crippen LogP contribution in [0.25, 0.3) is 0 Å². The van der Waals surface area contributed by atoms with Crippen LogP contribution in [0.4, 0.5) is 0 Å². The summed E-state index contributed by atoms with van der Waals surface area (Å²) < 4.78 is 5.25. The second-order valence-corrected chi connectivity index (χ2v) is 7.86. The smallest absolute Gasteiger partial charge is 0.307 e. The molecule has 0 radical (unpaired) electrons. The summed E-state index contributed by atoms with van der Waals surface area (Å²) in [5, 5.41) is 2.79. The highest BCUT2D eigenvalue weighted by Gasteiger charge is 2.07. The van der Waals surface area contributed by atoms with Crippen molar-refractivity contribution in [2.75, 3.05) is 13.2 Å². The molecule has 0 bridgehead atoms. The summed E-state index contributed by atoms with van der Waals surface area (Å²) >= 11 is 0. The van der Waals surface area contributed by atoms with E-state index in [0.717, 1.165) is 32.1 Å². The van der Waals surface area contributed by atoms with E-state index in [2.05, 4.69) is 19.2 Å². The molecule has 1 amide bonds. The van der Waals surface area contributed by atoms with E-state index in [4.69, 9.17) is 4.74 Å². The van der Waals surface area contributed by atoms with Crippen LogP contribution in [-0.2, 0) is 16.0 Å². The van der Waals surface area contributed by atoms with Gasteiger partial charge in [-0.1, -0.05) is 83.8 Å². The number of esters is 1. The Kier molecular flexibility index (Phi) is 14.8. The molecular formula is C25H41NO3. The Balaban J connectivity index is 2.02. The van der Waals surface area contributed by atoms with E-state index < -0.39 is 0 Å². The molecule has 0 heterocycles. The molecule has 0 fully saturated rings. The predicted octanol–water partition coefficient (Wildman–Crippen LogP) is 6.22. The van der Waals surface area contributed by atoms with Gasteiger partial charge in [0.15, 0.2) is 0 Å². The highest BCUT2D eigenvalue weighted by atomic mass is 16.5. The Morgan fingerprint density at radius 3 is 2.00 bits per heavy atom. The van der Waals surface area contributed by atoms with Gasteiger partial charge in [0.2, 0.25) is 0 Å². The number of rotatable bonds is 17. The summed E-state index contributed by atoms with van der Waals surface area (Å²) in [5.74, 6) is -0.376. The average Bonchev–Trinajstić information content (AvgIpc) is 2.74. The summed E-state index contributed by atoms with van der Waals surface area (Å²) in [6.07, 6.45) is 14.8. The van der Waals surface area contributed by atoms with Crippen molar-refractivity contribution in [3.8, 4) is 0 Å². The first-order valence-electron chi connectivity index (χ1n) is 11.7. The molecule has 4 heteroatoms. The number of carbonyl (C=O) groups is 2. The van der Waals surface area contributed by atoms with Crippen LogP contribution in [0.2, 0.25) is 0 Å². The number of ether oxygens (including phenoxy) is 1. The summed E-state index contributed by atoms with van der Waals surface area (Å²) in [7, 11) is 0. The number of benzene rings is 1. The lowest BCUT2D eigenvalue weighted by atomic mass is 10.1. The molecule has 29 heavy (non-hydrogen) atoms. The number of nitrogens with one attached hydrogen (secondary N) is 1. The maximum Gasteiger partial charge on any atom is 0.307 e. The van der Waals surface area contributed by atoms with E-state index in [0.29, 0.717) is 18.7 Å². The Morgan fingerprint density at radius 1 is 0.793 bits per heavy atom. The zero-order valence-electron chi connectivity index (χ0n) is 18.6. The van der Waals surface area contributed by atoms with Crippen molar-refractivity contribution in [2.24, 2.45) is 0 Å². The third-order valence-corrected chi connectivity index (χ3v) is 5.16. The summed E-state index contributed by atoms with van der Waals surface area (Å²) in [4.78, 5) is 23.9. The SMILES string of the molecule is CCCCCCCCCCCOC(=O)CCNC(=O)c1ccc(CCCC)cc1. The normalized spacial score (nSPS) is 10.7. The summed E-state index contributed by atoms with van der Waals surface area (Å²) in [6.45, 7) is 5.21. The number of aryl methyl sites for hydroxylation is 1. The van der Waals surface area contributed by atoms with Crippen LogP contribution >= 0.6 is 0 Å². The summed E-state index contributed by atoms with van der Waals surface area (Å²) in [6, 6.07) is 7.71. The Bertz CT molecular complexity index is 554. The lowest BCUT2D eigenvalue weighted by molar-refractivity contribution is -0.143. The van der Waals surface area contributed by atoms with Gasteiger partial charge in [-0.2, -0.15) is 0 Å². The fourth-order valence-electron chi connectivity index (χ4n) is 3.25. The number of amides is 1. The van der Waals surface area contributed by atoms with Crippen molar-refractivity contribution < 1.29 is 14.3 Å². The fourth-order valence-corrected chi connectivity index (χ4v) is 3.25. The number of unbranched alkanes of at least 4 members (excludes halogenated alkanes) is 9. The van der Waals surface area contributed by atoms with E-state index in [1.807, 2.05) is 24.3 Å². The number of hydrogen-bond donors (Lipinski definition) is 1. The van der Waals surface area contributed by atoms with Crippen LogP contribution in [0, 0.1) is 0 Å². The maximum absolute atomic E-state index is 12.1. The largest absolute Gasteiger partial charge is 0.466 e. The second kappa shape index (κ2) is 17.1. The van der Waals surface area contributed by atoms with Gasteiger partial charge in [-0.3, -0.25) is 9.59 Å². The van der Waals surface area contributed by atoms with E-state index in [9.17, 15) is 9.59 Å². The molecule has 0 atom stereocenters. The molecule has 1 N–H and O–H groups in total. The van der Waals surface area contributed by atoms with Crippen LogP contribution in [0.3, 0.4) is 0 Å². The molecule has 0 saturated heterocycles. The Hall–Kier alpha value is -1.84. The highest BCUT2D eigenvalue weighted by Crippen LogP contribution is 2.10. The van der Waals surface area contributed by atoms with Crippen molar-refractivity contribution >= 4 is 11.9 Å². The fraction of sp³-hybridized carbons (Fsp3) is 0.680. The zero-order valence-corrected chi connectivity index (χ0v) is 18.6. The monoisotopic (exact) mass is 403 g/mol. The molecule has 0 unspecified atom stereocenters. The topological polar surface area (TPSA) is 55.4 Å². The molecule has 0 aliphatic rings. The van der Waals surface area contributed by atoms with Gasteiger partial charge in [0.25, 0.3) is 5.91 Å². The summed E-state index contributed by atoms with van der Waals surface area (Å²) in [5.41, 5.74) is 1.89. The minimum Gasteiger partial charge on any atom is -0.466 e. The first-order chi connectivity index (χ1) is 14.2. The van der Waals surface area contributed by atoms with Gasteiger partial charge in [0.05, 0.1) is 13.0 Å². The lowest BCUT2D eigenvalue weighted by Gasteiger charge is -2.07. The van der Waals surface area contributed by atoms with Crippen molar-refractivity contribution in [2.45, 2.75) is 97.3 Å². The van der Waals surface area contributed by atoms with Crippen LogP contribution < -0.4 is 5.32 Å². The molecule has 0 aliphatic carbocycles. The molecule has 0 aliphatic heterocycles. The molecule has 0 saturated carbocycles. The minimum absolute atomic E-state index is 0.140. The second-order valence-electron chi connectivity index (χ2n) is 7.86. The predicted molar refractivity (Wildman–Crippen MR) is 120 cm³/mol. The molecule has 1 aromatic rings. The molecular weight excluding hydrogens is 362 g/mol. The lowest BCUT2D eigenvalue weighted by Crippen LogP contribution is -2.26. The van der Waals surface area contributed by atoms with Gasteiger partial charge in [0.1, 0.15) is 0 Å². The molecule has 0 aromatic heterocycles. The third kappa shape index (κ3) is 13.1. The highest BCUT2D eigenvalue weighted by molar-refractivity contribution is 5.94.